The quantitative estimate of drug-likeness (QED) is 0.780. The molecule has 0 saturated carbocycles. The molecule has 0 bridgehead atoms. The summed E-state index contributed by atoms with van der Waals surface area (Å²) in [4.78, 5) is 4.28. The van der Waals surface area contributed by atoms with E-state index in [4.69, 9.17) is 4.52 Å². The van der Waals surface area contributed by atoms with Gasteiger partial charge in [0.25, 0.3) is 0 Å². The van der Waals surface area contributed by atoms with E-state index in [1.54, 1.807) is 12.1 Å². The van der Waals surface area contributed by atoms with Crippen molar-refractivity contribution in [1.29, 1.82) is 0 Å². The van der Waals surface area contributed by atoms with Crippen molar-refractivity contribution in [2.75, 3.05) is 0 Å². The Bertz CT molecular complexity index is 715. The van der Waals surface area contributed by atoms with Gasteiger partial charge in [-0.3, -0.25) is 0 Å². The minimum Gasteiger partial charge on any atom is -0.337 e. The van der Waals surface area contributed by atoms with Gasteiger partial charge >= 0.3 is 0 Å². The molecule has 0 fully saturated rings. The van der Waals surface area contributed by atoms with E-state index in [1.165, 1.54) is 23.7 Å². The molecular weight excluding hydrogens is 293 g/mol. The van der Waals surface area contributed by atoms with Gasteiger partial charge in [0.1, 0.15) is 5.82 Å². The minimum atomic E-state index is -0.332. The molecule has 1 atom stereocenters. The molecule has 0 aliphatic heterocycles. The number of rotatable bonds is 5. The predicted octanol–water partition coefficient (Wildman–Crippen LogP) is 2.58. The van der Waals surface area contributed by atoms with E-state index in [0.717, 1.165) is 5.69 Å². The number of nitrogens with zero attached hydrogens (tertiary/aromatic N) is 4. The Balaban J connectivity index is 1.69. The highest BCUT2D eigenvalue weighted by Crippen LogP contribution is 2.19. The average molecular weight is 305 g/mol. The van der Waals surface area contributed by atoms with Crippen LogP contribution in [0.2, 0.25) is 0 Å². The molecule has 3 rings (SSSR count). The second-order valence-corrected chi connectivity index (χ2v) is 5.08. The molecule has 2 heterocycles. The third-order valence-electron chi connectivity index (χ3n) is 2.89. The lowest BCUT2D eigenvalue weighted by atomic mass is 10.2. The van der Waals surface area contributed by atoms with Crippen LogP contribution in [-0.4, -0.2) is 19.7 Å². The first kappa shape index (κ1) is 13.8. The highest BCUT2D eigenvalue weighted by molar-refractivity contribution is 7.03. The summed E-state index contributed by atoms with van der Waals surface area (Å²) < 4.78 is 22.2. The summed E-state index contributed by atoms with van der Waals surface area (Å²) in [5.41, 5.74) is 1.44. The van der Waals surface area contributed by atoms with Gasteiger partial charge in [-0.25, -0.2) is 4.39 Å². The molecule has 0 radical (unpaired) electrons. The minimum absolute atomic E-state index is 0.137. The number of hydrogen-bond donors (Lipinski definition) is 1. The van der Waals surface area contributed by atoms with Gasteiger partial charge in [-0.15, -0.1) is 5.10 Å². The molecule has 6 nitrogen and oxygen atoms in total. The average Bonchev–Trinajstić information content (AvgIpc) is 3.16. The van der Waals surface area contributed by atoms with Crippen LogP contribution in [0, 0.1) is 5.82 Å². The van der Waals surface area contributed by atoms with Gasteiger partial charge in [0, 0.05) is 17.5 Å². The highest BCUT2D eigenvalue weighted by atomic mass is 32.1. The molecule has 0 amide bonds. The molecular formula is C13H12FN5OS. The molecule has 0 aliphatic rings. The Labute approximate surface area is 124 Å². The summed E-state index contributed by atoms with van der Waals surface area (Å²) in [5, 5.41) is 12.9. The molecule has 0 spiro atoms. The fraction of sp³-hybridized carbons (Fsp3) is 0.231. The van der Waals surface area contributed by atoms with Crippen LogP contribution >= 0.6 is 11.5 Å². The van der Waals surface area contributed by atoms with Crippen LogP contribution in [0.3, 0.4) is 0 Å². The first-order valence-corrected chi connectivity index (χ1v) is 7.15. The lowest BCUT2D eigenvalue weighted by molar-refractivity contribution is 0.338. The van der Waals surface area contributed by atoms with E-state index >= 15 is 0 Å². The SMILES string of the molecule is C[C@@H](NCc1csnn1)c1nc(-c2cccc(F)c2)no1. The van der Waals surface area contributed by atoms with Crippen molar-refractivity contribution in [3.05, 3.63) is 47.0 Å². The van der Waals surface area contributed by atoms with E-state index in [9.17, 15) is 4.39 Å². The summed E-state index contributed by atoms with van der Waals surface area (Å²) in [6.07, 6.45) is 0. The van der Waals surface area contributed by atoms with E-state index < -0.39 is 0 Å². The maximum Gasteiger partial charge on any atom is 0.243 e. The number of halogens is 1. The van der Waals surface area contributed by atoms with Crippen molar-refractivity contribution in [2.24, 2.45) is 0 Å². The first-order valence-electron chi connectivity index (χ1n) is 6.31. The third-order valence-corrected chi connectivity index (χ3v) is 3.44. The number of hydrogen-bond acceptors (Lipinski definition) is 7. The number of nitrogens with one attached hydrogen (secondary N) is 1. The smallest absolute Gasteiger partial charge is 0.243 e. The molecule has 1 N–H and O–H groups in total. The Hall–Kier alpha value is -2.19. The van der Waals surface area contributed by atoms with Crippen molar-refractivity contribution in [3.8, 4) is 11.4 Å². The molecule has 21 heavy (non-hydrogen) atoms. The van der Waals surface area contributed by atoms with E-state index in [0.29, 0.717) is 23.8 Å². The fourth-order valence-corrected chi connectivity index (χ4v) is 2.21. The summed E-state index contributed by atoms with van der Waals surface area (Å²) in [7, 11) is 0. The molecule has 8 heteroatoms. The predicted molar refractivity (Wildman–Crippen MR) is 74.9 cm³/mol. The largest absolute Gasteiger partial charge is 0.337 e. The normalized spacial score (nSPS) is 12.5. The maximum atomic E-state index is 13.2. The molecule has 0 unspecified atom stereocenters. The monoisotopic (exact) mass is 305 g/mol. The lowest BCUT2D eigenvalue weighted by Crippen LogP contribution is -2.18. The summed E-state index contributed by atoms with van der Waals surface area (Å²) in [5.74, 6) is 0.479. The van der Waals surface area contributed by atoms with Crippen molar-refractivity contribution in [3.63, 3.8) is 0 Å². The van der Waals surface area contributed by atoms with E-state index in [-0.39, 0.29) is 11.9 Å². The van der Waals surface area contributed by atoms with Crippen LogP contribution < -0.4 is 5.32 Å². The lowest BCUT2D eigenvalue weighted by Gasteiger charge is -2.06. The number of aromatic nitrogens is 4. The zero-order valence-electron chi connectivity index (χ0n) is 11.2. The Morgan fingerprint density at radius 1 is 1.43 bits per heavy atom. The molecule has 0 saturated heterocycles. The van der Waals surface area contributed by atoms with Crippen molar-refractivity contribution >= 4 is 11.5 Å². The van der Waals surface area contributed by atoms with Crippen LogP contribution in [0.4, 0.5) is 4.39 Å². The second kappa shape index (κ2) is 6.06. The van der Waals surface area contributed by atoms with E-state index in [2.05, 4.69) is 25.0 Å². The van der Waals surface area contributed by atoms with Crippen LogP contribution in [0.5, 0.6) is 0 Å². The zero-order chi connectivity index (χ0) is 14.7. The van der Waals surface area contributed by atoms with E-state index in [1.807, 2.05) is 12.3 Å². The molecule has 108 valence electrons. The molecule has 1 aromatic carbocycles. The number of benzene rings is 1. The molecule has 0 aliphatic carbocycles. The van der Waals surface area contributed by atoms with Crippen LogP contribution in [0.15, 0.2) is 34.2 Å². The van der Waals surface area contributed by atoms with Crippen LogP contribution in [0.1, 0.15) is 24.6 Å². The van der Waals surface area contributed by atoms with Gasteiger partial charge in [-0.05, 0) is 30.6 Å². The van der Waals surface area contributed by atoms with Gasteiger partial charge in [0.2, 0.25) is 11.7 Å². The summed E-state index contributed by atoms with van der Waals surface area (Å²) in [6.45, 7) is 2.47. The Morgan fingerprint density at radius 3 is 3.10 bits per heavy atom. The van der Waals surface area contributed by atoms with Gasteiger partial charge in [-0.1, -0.05) is 21.8 Å². The fourth-order valence-electron chi connectivity index (χ4n) is 1.76. The van der Waals surface area contributed by atoms with Crippen LogP contribution in [-0.2, 0) is 6.54 Å². The topological polar surface area (TPSA) is 76.7 Å². The van der Waals surface area contributed by atoms with Crippen molar-refractivity contribution in [2.45, 2.75) is 19.5 Å². The van der Waals surface area contributed by atoms with Gasteiger partial charge < -0.3 is 9.84 Å². The zero-order valence-corrected chi connectivity index (χ0v) is 12.0. The standard InChI is InChI=1S/C13H12FN5OS/c1-8(15-6-11-7-21-19-17-11)13-16-12(18-20-13)9-3-2-4-10(14)5-9/h2-5,7-8,15H,6H2,1H3/t8-/m1/s1. The summed E-state index contributed by atoms with van der Waals surface area (Å²) in [6, 6.07) is 5.94. The second-order valence-electron chi connectivity index (χ2n) is 4.47. The molecule has 2 aromatic heterocycles. The van der Waals surface area contributed by atoms with Gasteiger partial charge in [0.05, 0.1) is 11.7 Å². The van der Waals surface area contributed by atoms with Gasteiger partial charge in [-0.2, -0.15) is 4.98 Å². The summed E-state index contributed by atoms with van der Waals surface area (Å²) >= 11 is 1.30. The Morgan fingerprint density at radius 2 is 2.33 bits per heavy atom. The van der Waals surface area contributed by atoms with Crippen molar-refractivity contribution < 1.29 is 8.91 Å². The van der Waals surface area contributed by atoms with Crippen LogP contribution in [0.25, 0.3) is 11.4 Å². The maximum absolute atomic E-state index is 13.2. The molecule has 3 aromatic rings. The highest BCUT2D eigenvalue weighted by Gasteiger charge is 2.15. The Kier molecular flexibility index (Phi) is 3.98. The third kappa shape index (κ3) is 3.29. The first-order chi connectivity index (χ1) is 10.2. The van der Waals surface area contributed by atoms with Gasteiger partial charge in [0.15, 0.2) is 0 Å². The van der Waals surface area contributed by atoms with Crippen molar-refractivity contribution in [1.82, 2.24) is 25.0 Å².